The molecule has 0 unspecified atom stereocenters. The summed E-state index contributed by atoms with van der Waals surface area (Å²) >= 11 is 0. The van der Waals surface area contributed by atoms with Crippen molar-refractivity contribution in [1.82, 2.24) is 10.2 Å². The molecule has 1 aliphatic carbocycles. The molecule has 3 rings (SSSR count). The summed E-state index contributed by atoms with van der Waals surface area (Å²) in [6, 6.07) is 4.67. The molecule has 1 aliphatic heterocycles. The summed E-state index contributed by atoms with van der Waals surface area (Å²) in [5.41, 5.74) is -1.09. The van der Waals surface area contributed by atoms with Crippen LogP contribution < -0.4 is 5.32 Å². The molecule has 0 atom stereocenters. The normalized spacial score (nSPS) is 21.8. The fourth-order valence-electron chi connectivity index (χ4n) is 3.08. The van der Waals surface area contributed by atoms with Crippen molar-refractivity contribution < 1.29 is 28.3 Å². The van der Waals surface area contributed by atoms with Crippen molar-refractivity contribution in [3.05, 3.63) is 29.8 Å². The Hall–Kier alpha value is -2.51. The highest BCUT2D eigenvalue weighted by Gasteiger charge is 2.55. The number of carbonyl (C=O) groups excluding carboxylic acids is 3. The van der Waals surface area contributed by atoms with E-state index >= 15 is 0 Å². The zero-order chi connectivity index (χ0) is 17.5. The van der Waals surface area contributed by atoms with Crippen molar-refractivity contribution in [2.45, 2.75) is 37.1 Å². The third-order valence-electron chi connectivity index (χ3n) is 4.57. The number of phenols is 1. The molecule has 6 nitrogen and oxygen atoms in total. The van der Waals surface area contributed by atoms with Gasteiger partial charge in [0, 0.05) is 18.4 Å². The molecule has 1 spiro atoms. The quantitative estimate of drug-likeness (QED) is 0.652. The van der Waals surface area contributed by atoms with Gasteiger partial charge in [0.25, 0.3) is 5.91 Å². The lowest BCUT2D eigenvalue weighted by atomic mass is 9.80. The number of carbonyl (C=O) groups is 3. The van der Waals surface area contributed by atoms with Crippen LogP contribution in [0, 0.1) is 0 Å². The predicted molar refractivity (Wildman–Crippen MR) is 78.8 cm³/mol. The first-order valence-electron chi connectivity index (χ1n) is 7.57. The number of rotatable bonds is 3. The summed E-state index contributed by atoms with van der Waals surface area (Å²) < 4.78 is 26.6. The number of alkyl halides is 2. The van der Waals surface area contributed by atoms with Gasteiger partial charge in [0.05, 0.1) is 6.54 Å². The summed E-state index contributed by atoms with van der Waals surface area (Å²) in [5, 5.41) is 11.7. The van der Waals surface area contributed by atoms with E-state index in [1.807, 2.05) is 0 Å². The van der Waals surface area contributed by atoms with Crippen LogP contribution in [0.15, 0.2) is 24.3 Å². The van der Waals surface area contributed by atoms with Crippen molar-refractivity contribution in [2.24, 2.45) is 0 Å². The first-order valence-corrected chi connectivity index (χ1v) is 7.57. The van der Waals surface area contributed by atoms with Crippen LogP contribution in [0.3, 0.4) is 0 Å². The molecular formula is C16H16F2N2O4. The van der Waals surface area contributed by atoms with Crippen LogP contribution >= 0.6 is 0 Å². The van der Waals surface area contributed by atoms with Gasteiger partial charge in [-0.25, -0.2) is 13.6 Å². The molecule has 1 heterocycles. The van der Waals surface area contributed by atoms with Gasteiger partial charge in [0.1, 0.15) is 11.3 Å². The molecule has 1 saturated carbocycles. The number of hydrogen-bond acceptors (Lipinski definition) is 4. The SMILES string of the molecule is O=C(CN1C(=O)NC2(CCC(F)(F)CC2)C1=O)c1ccc(O)cc1. The zero-order valence-electron chi connectivity index (χ0n) is 12.7. The zero-order valence-corrected chi connectivity index (χ0v) is 12.7. The molecule has 1 saturated heterocycles. The van der Waals surface area contributed by atoms with E-state index in [1.165, 1.54) is 24.3 Å². The van der Waals surface area contributed by atoms with E-state index in [1.54, 1.807) is 0 Å². The van der Waals surface area contributed by atoms with Crippen LogP contribution in [-0.4, -0.2) is 45.7 Å². The van der Waals surface area contributed by atoms with E-state index in [0.717, 1.165) is 4.90 Å². The number of amides is 3. The number of benzene rings is 1. The van der Waals surface area contributed by atoms with Crippen LogP contribution in [0.4, 0.5) is 13.6 Å². The minimum absolute atomic E-state index is 0.0105. The molecule has 3 amide bonds. The minimum atomic E-state index is -2.83. The van der Waals surface area contributed by atoms with Crippen LogP contribution in [0.5, 0.6) is 5.75 Å². The number of Topliss-reactive ketones (excluding diaryl/α,β-unsaturated/α-hetero) is 1. The third-order valence-corrected chi connectivity index (χ3v) is 4.57. The number of nitrogens with zero attached hydrogens (tertiary/aromatic N) is 1. The molecule has 2 aliphatic rings. The molecule has 128 valence electrons. The molecule has 0 bridgehead atoms. The van der Waals surface area contributed by atoms with Crippen LogP contribution in [0.25, 0.3) is 0 Å². The number of ketones is 1. The Labute approximate surface area is 136 Å². The molecule has 0 radical (unpaired) electrons. The second-order valence-electron chi connectivity index (χ2n) is 6.23. The molecule has 8 heteroatoms. The van der Waals surface area contributed by atoms with Gasteiger partial charge in [-0.1, -0.05) is 0 Å². The Morgan fingerprint density at radius 3 is 2.29 bits per heavy atom. The number of halogens is 2. The Morgan fingerprint density at radius 1 is 1.12 bits per heavy atom. The summed E-state index contributed by atoms with van der Waals surface area (Å²) in [7, 11) is 0. The first kappa shape index (κ1) is 16.4. The second kappa shape index (κ2) is 5.54. The molecular weight excluding hydrogens is 322 g/mol. The monoisotopic (exact) mass is 338 g/mol. The van der Waals surface area contributed by atoms with Crippen molar-refractivity contribution >= 4 is 17.7 Å². The largest absolute Gasteiger partial charge is 0.508 e. The van der Waals surface area contributed by atoms with Crippen molar-refractivity contribution in [1.29, 1.82) is 0 Å². The summed E-state index contributed by atoms with van der Waals surface area (Å²) in [6.07, 6.45) is -1.24. The molecule has 2 fully saturated rings. The van der Waals surface area contributed by atoms with Gasteiger partial charge < -0.3 is 10.4 Å². The Morgan fingerprint density at radius 2 is 1.71 bits per heavy atom. The number of phenolic OH excluding ortho intramolecular Hbond substituents is 1. The lowest BCUT2D eigenvalue weighted by Gasteiger charge is -2.34. The Bertz CT molecular complexity index is 693. The van der Waals surface area contributed by atoms with Gasteiger partial charge in [-0.05, 0) is 37.1 Å². The van der Waals surface area contributed by atoms with Gasteiger partial charge >= 0.3 is 6.03 Å². The molecule has 24 heavy (non-hydrogen) atoms. The predicted octanol–water partition coefficient (Wildman–Crippen LogP) is 2.07. The van der Waals surface area contributed by atoms with Crippen molar-refractivity contribution in [2.75, 3.05) is 6.54 Å². The minimum Gasteiger partial charge on any atom is -0.508 e. The van der Waals surface area contributed by atoms with Gasteiger partial charge in [-0.3, -0.25) is 14.5 Å². The Kier molecular flexibility index (Phi) is 3.77. The van der Waals surface area contributed by atoms with Crippen LogP contribution in [-0.2, 0) is 4.79 Å². The van der Waals surface area contributed by atoms with E-state index in [4.69, 9.17) is 0 Å². The molecule has 1 aromatic carbocycles. The van der Waals surface area contributed by atoms with Gasteiger partial charge in [0.2, 0.25) is 5.92 Å². The van der Waals surface area contributed by atoms with E-state index in [0.29, 0.717) is 0 Å². The fourth-order valence-corrected chi connectivity index (χ4v) is 3.08. The average molecular weight is 338 g/mol. The van der Waals surface area contributed by atoms with Gasteiger partial charge in [-0.2, -0.15) is 0 Å². The number of aromatic hydroxyl groups is 1. The van der Waals surface area contributed by atoms with Crippen LogP contribution in [0.1, 0.15) is 36.0 Å². The fraction of sp³-hybridized carbons (Fsp3) is 0.438. The maximum atomic E-state index is 13.3. The standard InChI is InChI=1S/C16H16F2N2O4/c17-16(18)7-5-15(6-8-16)13(23)20(14(24)19-15)9-12(22)10-1-3-11(21)4-2-10/h1-4,21H,5-9H2,(H,19,24). The topological polar surface area (TPSA) is 86.7 Å². The molecule has 0 aromatic heterocycles. The van der Waals surface area contributed by atoms with Gasteiger partial charge in [-0.15, -0.1) is 0 Å². The maximum Gasteiger partial charge on any atom is 0.325 e. The smallest absolute Gasteiger partial charge is 0.325 e. The molecule has 1 aromatic rings. The van der Waals surface area contributed by atoms with E-state index in [-0.39, 0.29) is 24.2 Å². The van der Waals surface area contributed by atoms with Crippen molar-refractivity contribution in [3.63, 3.8) is 0 Å². The highest BCUT2D eigenvalue weighted by molar-refractivity contribution is 6.11. The lowest BCUT2D eigenvalue weighted by Crippen LogP contribution is -2.51. The number of nitrogens with one attached hydrogen (secondary N) is 1. The van der Waals surface area contributed by atoms with E-state index in [9.17, 15) is 28.3 Å². The van der Waals surface area contributed by atoms with E-state index in [2.05, 4.69) is 5.32 Å². The summed E-state index contributed by atoms with van der Waals surface area (Å²) in [6.45, 7) is -0.465. The number of imide groups is 1. The molecule has 2 N–H and O–H groups in total. The summed E-state index contributed by atoms with van der Waals surface area (Å²) in [5.74, 6) is -3.94. The number of urea groups is 1. The first-order chi connectivity index (χ1) is 11.2. The second-order valence-corrected chi connectivity index (χ2v) is 6.23. The highest BCUT2D eigenvalue weighted by Crippen LogP contribution is 2.41. The highest BCUT2D eigenvalue weighted by atomic mass is 19.3. The van der Waals surface area contributed by atoms with Gasteiger partial charge in [0.15, 0.2) is 5.78 Å². The third kappa shape index (κ3) is 2.83. The Balaban J connectivity index is 1.73. The lowest BCUT2D eigenvalue weighted by molar-refractivity contribution is -0.135. The summed E-state index contributed by atoms with van der Waals surface area (Å²) in [4.78, 5) is 37.6. The maximum absolute atomic E-state index is 13.3. The van der Waals surface area contributed by atoms with Crippen LogP contribution in [0.2, 0.25) is 0 Å². The number of hydrogen-bond donors (Lipinski definition) is 2. The average Bonchev–Trinajstić information content (AvgIpc) is 2.76. The van der Waals surface area contributed by atoms with E-state index < -0.39 is 48.6 Å². The van der Waals surface area contributed by atoms with Crippen molar-refractivity contribution in [3.8, 4) is 5.75 Å².